The van der Waals surface area contributed by atoms with Crippen LogP contribution in [0.15, 0.2) is 11.6 Å². The topological polar surface area (TPSA) is 38.8 Å². The van der Waals surface area contributed by atoms with E-state index in [1.54, 1.807) is 25.2 Å². The zero-order valence-corrected chi connectivity index (χ0v) is 10.1. The van der Waals surface area contributed by atoms with Crippen LogP contribution in [0.5, 0.6) is 0 Å². The fraction of sp³-hybridized carbons (Fsp3) is 0.727. The highest BCUT2D eigenvalue weighted by atomic mass is 16.5. The van der Waals surface area contributed by atoms with Crippen LogP contribution in [0.4, 0.5) is 0 Å². The molecule has 88 valence electrons. The molecule has 0 aliphatic rings. The van der Waals surface area contributed by atoms with Gasteiger partial charge in [-0.1, -0.05) is 5.57 Å². The normalized spacial score (nSPS) is 9.87. The summed E-state index contributed by atoms with van der Waals surface area (Å²) >= 11 is 0. The van der Waals surface area contributed by atoms with E-state index in [4.69, 9.17) is 9.47 Å². The number of hydrogen-bond donors (Lipinski definition) is 0. The minimum atomic E-state index is 0.0177. The van der Waals surface area contributed by atoms with E-state index in [0.717, 1.165) is 5.57 Å². The zero-order valence-electron chi connectivity index (χ0n) is 10.1. The Bertz CT molecular complexity index is 202. The molecule has 0 radical (unpaired) electrons. The summed E-state index contributed by atoms with van der Waals surface area (Å²) in [5.41, 5.74) is 1.000. The molecule has 0 aromatic carbocycles. The minimum Gasteiger partial charge on any atom is -0.383 e. The molecule has 1 amide bonds. The van der Waals surface area contributed by atoms with E-state index < -0.39 is 0 Å². The molecular formula is C11H21NO3. The van der Waals surface area contributed by atoms with Crippen molar-refractivity contribution < 1.29 is 14.3 Å². The highest BCUT2D eigenvalue weighted by Gasteiger charge is 2.09. The van der Waals surface area contributed by atoms with E-state index in [0.29, 0.717) is 26.3 Å². The molecule has 0 aliphatic heterocycles. The van der Waals surface area contributed by atoms with Gasteiger partial charge in [0.05, 0.1) is 13.2 Å². The number of nitrogens with zero attached hydrogens (tertiary/aromatic N) is 1. The van der Waals surface area contributed by atoms with Gasteiger partial charge in [0.2, 0.25) is 5.91 Å². The van der Waals surface area contributed by atoms with Crippen LogP contribution in [-0.4, -0.2) is 51.3 Å². The highest BCUT2D eigenvalue weighted by molar-refractivity contribution is 5.88. The molecule has 0 aliphatic carbocycles. The Kier molecular flexibility index (Phi) is 7.95. The first-order valence-corrected chi connectivity index (χ1v) is 5.03. The maximum absolute atomic E-state index is 11.7. The lowest BCUT2D eigenvalue weighted by Gasteiger charge is -2.20. The Morgan fingerprint density at radius 1 is 1.13 bits per heavy atom. The third-order valence-electron chi connectivity index (χ3n) is 1.85. The van der Waals surface area contributed by atoms with Crippen molar-refractivity contribution in [2.45, 2.75) is 13.8 Å². The number of amides is 1. The van der Waals surface area contributed by atoms with Crippen molar-refractivity contribution in [2.75, 3.05) is 40.5 Å². The lowest BCUT2D eigenvalue weighted by atomic mass is 10.3. The molecule has 0 spiro atoms. The molecule has 0 saturated carbocycles. The molecule has 4 nitrogen and oxygen atoms in total. The van der Waals surface area contributed by atoms with Gasteiger partial charge in [0.25, 0.3) is 0 Å². The highest BCUT2D eigenvalue weighted by Crippen LogP contribution is 1.96. The number of hydrogen-bond acceptors (Lipinski definition) is 3. The number of ether oxygens (including phenoxy) is 2. The van der Waals surface area contributed by atoms with Crippen LogP contribution in [0.3, 0.4) is 0 Å². The number of rotatable bonds is 7. The van der Waals surface area contributed by atoms with Crippen molar-refractivity contribution in [3.63, 3.8) is 0 Å². The van der Waals surface area contributed by atoms with Crippen LogP contribution >= 0.6 is 0 Å². The average Bonchev–Trinajstić information content (AvgIpc) is 2.17. The Balaban J connectivity index is 4.20. The van der Waals surface area contributed by atoms with Gasteiger partial charge in [0.15, 0.2) is 0 Å². The zero-order chi connectivity index (χ0) is 11.7. The summed E-state index contributed by atoms with van der Waals surface area (Å²) in [4.78, 5) is 13.4. The number of carbonyl (C=O) groups excluding carboxylic acids is 1. The van der Waals surface area contributed by atoms with Gasteiger partial charge in [-0.05, 0) is 13.8 Å². The van der Waals surface area contributed by atoms with Crippen LogP contribution in [-0.2, 0) is 14.3 Å². The van der Waals surface area contributed by atoms with Crippen molar-refractivity contribution >= 4 is 5.91 Å². The smallest absolute Gasteiger partial charge is 0.246 e. The predicted octanol–water partition coefficient (Wildman–Crippen LogP) is 1.07. The molecule has 0 bridgehead atoms. The number of allylic oxidation sites excluding steroid dienone is 1. The van der Waals surface area contributed by atoms with E-state index in [1.165, 1.54) is 0 Å². The van der Waals surface area contributed by atoms with E-state index in [-0.39, 0.29) is 5.91 Å². The summed E-state index contributed by atoms with van der Waals surface area (Å²) in [5.74, 6) is 0.0177. The first-order valence-electron chi connectivity index (χ1n) is 5.03. The summed E-state index contributed by atoms with van der Waals surface area (Å²) in [6, 6.07) is 0. The molecule has 0 N–H and O–H groups in total. The molecule has 0 aromatic heterocycles. The van der Waals surface area contributed by atoms with Crippen molar-refractivity contribution in [3.05, 3.63) is 11.6 Å². The van der Waals surface area contributed by atoms with Crippen LogP contribution in [0.2, 0.25) is 0 Å². The van der Waals surface area contributed by atoms with Crippen molar-refractivity contribution in [3.8, 4) is 0 Å². The second-order valence-corrected chi connectivity index (χ2v) is 3.53. The first-order chi connectivity index (χ1) is 7.11. The van der Waals surface area contributed by atoms with Crippen molar-refractivity contribution in [1.82, 2.24) is 4.90 Å². The monoisotopic (exact) mass is 215 g/mol. The van der Waals surface area contributed by atoms with Gasteiger partial charge in [-0.3, -0.25) is 4.79 Å². The third kappa shape index (κ3) is 7.11. The molecule has 0 aromatic rings. The summed E-state index contributed by atoms with van der Waals surface area (Å²) in [6.07, 6.45) is 1.63. The van der Waals surface area contributed by atoms with Gasteiger partial charge in [0.1, 0.15) is 0 Å². The summed E-state index contributed by atoms with van der Waals surface area (Å²) in [6.45, 7) is 6.11. The standard InChI is InChI=1S/C11H21NO3/c1-10(2)9-11(13)12(5-7-14-3)6-8-15-4/h9H,5-8H2,1-4H3. The van der Waals surface area contributed by atoms with Crippen LogP contribution < -0.4 is 0 Å². The summed E-state index contributed by atoms with van der Waals surface area (Å²) in [5, 5.41) is 0. The van der Waals surface area contributed by atoms with E-state index in [1.807, 2.05) is 13.8 Å². The fourth-order valence-corrected chi connectivity index (χ4v) is 1.07. The van der Waals surface area contributed by atoms with Gasteiger partial charge in [-0.25, -0.2) is 0 Å². The van der Waals surface area contributed by atoms with E-state index in [2.05, 4.69) is 0 Å². The van der Waals surface area contributed by atoms with E-state index >= 15 is 0 Å². The molecule has 4 heteroatoms. The van der Waals surface area contributed by atoms with Gasteiger partial charge < -0.3 is 14.4 Å². The fourth-order valence-electron chi connectivity index (χ4n) is 1.07. The van der Waals surface area contributed by atoms with Crippen molar-refractivity contribution in [2.24, 2.45) is 0 Å². The maximum Gasteiger partial charge on any atom is 0.246 e. The lowest BCUT2D eigenvalue weighted by molar-refractivity contribution is -0.127. The average molecular weight is 215 g/mol. The van der Waals surface area contributed by atoms with Gasteiger partial charge >= 0.3 is 0 Å². The lowest BCUT2D eigenvalue weighted by Crippen LogP contribution is -2.35. The summed E-state index contributed by atoms with van der Waals surface area (Å²) < 4.78 is 9.90. The summed E-state index contributed by atoms with van der Waals surface area (Å²) in [7, 11) is 3.25. The van der Waals surface area contributed by atoms with Gasteiger partial charge in [-0.2, -0.15) is 0 Å². The van der Waals surface area contributed by atoms with Gasteiger partial charge in [0, 0.05) is 33.4 Å². The first kappa shape index (κ1) is 14.1. The van der Waals surface area contributed by atoms with Crippen LogP contribution in [0, 0.1) is 0 Å². The van der Waals surface area contributed by atoms with Crippen LogP contribution in [0.1, 0.15) is 13.8 Å². The molecule has 0 heterocycles. The number of carbonyl (C=O) groups is 1. The van der Waals surface area contributed by atoms with Crippen LogP contribution in [0.25, 0.3) is 0 Å². The minimum absolute atomic E-state index is 0.0177. The Hall–Kier alpha value is -0.870. The molecule has 0 saturated heterocycles. The van der Waals surface area contributed by atoms with Gasteiger partial charge in [-0.15, -0.1) is 0 Å². The quantitative estimate of drug-likeness (QED) is 0.596. The second-order valence-electron chi connectivity index (χ2n) is 3.53. The molecule has 15 heavy (non-hydrogen) atoms. The molecular weight excluding hydrogens is 194 g/mol. The molecule has 0 atom stereocenters. The molecule has 0 unspecified atom stereocenters. The predicted molar refractivity (Wildman–Crippen MR) is 59.8 cm³/mol. The second kappa shape index (κ2) is 8.44. The third-order valence-corrected chi connectivity index (χ3v) is 1.85. The Labute approximate surface area is 91.8 Å². The largest absolute Gasteiger partial charge is 0.383 e. The Morgan fingerprint density at radius 3 is 1.93 bits per heavy atom. The molecule has 0 fully saturated rings. The number of methoxy groups -OCH3 is 2. The Morgan fingerprint density at radius 2 is 1.60 bits per heavy atom. The SMILES string of the molecule is COCCN(CCOC)C(=O)C=C(C)C. The maximum atomic E-state index is 11.7. The van der Waals surface area contributed by atoms with Crippen molar-refractivity contribution in [1.29, 1.82) is 0 Å². The van der Waals surface area contributed by atoms with E-state index in [9.17, 15) is 4.79 Å². The molecule has 0 rings (SSSR count).